The van der Waals surface area contributed by atoms with Gasteiger partial charge in [-0.2, -0.15) is 0 Å². The second-order valence-electron chi connectivity index (χ2n) is 8.17. The van der Waals surface area contributed by atoms with Crippen LogP contribution < -0.4 is 10.2 Å². The van der Waals surface area contributed by atoms with Gasteiger partial charge in [-0.25, -0.2) is 4.98 Å². The van der Waals surface area contributed by atoms with Gasteiger partial charge in [-0.15, -0.1) is 0 Å². The van der Waals surface area contributed by atoms with E-state index in [0.29, 0.717) is 31.9 Å². The number of ether oxygens (including phenoxy) is 1. The highest BCUT2D eigenvalue weighted by atomic mass is 16.5. The number of likely N-dealkylation sites (N-methyl/N-ethyl adjacent to an activating group) is 1. The molecule has 1 aromatic heterocycles. The maximum Gasteiger partial charge on any atom is 0.254 e. The summed E-state index contributed by atoms with van der Waals surface area (Å²) in [7, 11) is 1.62. The number of hydrogen-bond donors (Lipinski definition) is 1. The monoisotopic (exact) mass is 437 g/mol. The Balaban J connectivity index is 1.45. The molecule has 0 saturated carbocycles. The molecule has 0 spiro atoms. The number of piperazine rings is 1. The van der Waals surface area contributed by atoms with Crippen molar-refractivity contribution < 1.29 is 14.3 Å². The van der Waals surface area contributed by atoms with E-state index in [2.05, 4.69) is 32.2 Å². The highest BCUT2D eigenvalue weighted by molar-refractivity contribution is 5.98. The van der Waals surface area contributed by atoms with Gasteiger partial charge in [0.05, 0.1) is 13.2 Å². The van der Waals surface area contributed by atoms with Crippen LogP contribution in [0.25, 0.3) is 0 Å². The number of hydrogen-bond acceptors (Lipinski definition) is 6. The van der Waals surface area contributed by atoms with E-state index in [1.54, 1.807) is 24.2 Å². The molecule has 1 N–H and O–H groups in total. The van der Waals surface area contributed by atoms with Gasteiger partial charge in [0, 0.05) is 58.1 Å². The highest BCUT2D eigenvalue weighted by Crippen LogP contribution is 2.19. The SMILES string of the molecule is CNC(=O)[C@H]1CN(CCc2ccccc2)CCN1C(=O)c1ccnc(N2CCOCC2)c1. The Bertz CT molecular complexity index is 917. The van der Waals surface area contributed by atoms with Crippen molar-refractivity contribution in [1.82, 2.24) is 20.1 Å². The van der Waals surface area contributed by atoms with Gasteiger partial charge in [0.1, 0.15) is 11.9 Å². The molecule has 2 aliphatic rings. The summed E-state index contributed by atoms with van der Waals surface area (Å²) >= 11 is 0. The Morgan fingerprint density at radius 1 is 1.09 bits per heavy atom. The van der Waals surface area contributed by atoms with E-state index in [1.165, 1.54) is 5.56 Å². The fourth-order valence-electron chi connectivity index (χ4n) is 4.29. The van der Waals surface area contributed by atoms with Crippen LogP contribution in [-0.4, -0.2) is 92.2 Å². The molecule has 3 heterocycles. The second kappa shape index (κ2) is 10.6. The summed E-state index contributed by atoms with van der Waals surface area (Å²) in [6.07, 6.45) is 2.59. The minimum atomic E-state index is -0.517. The van der Waals surface area contributed by atoms with Crippen molar-refractivity contribution in [3.05, 3.63) is 59.8 Å². The van der Waals surface area contributed by atoms with E-state index < -0.39 is 6.04 Å². The van der Waals surface area contributed by atoms with Crippen LogP contribution in [0.15, 0.2) is 48.7 Å². The third-order valence-electron chi connectivity index (χ3n) is 6.16. The zero-order valence-corrected chi connectivity index (χ0v) is 18.6. The number of rotatable bonds is 6. The third kappa shape index (κ3) is 5.26. The van der Waals surface area contributed by atoms with Gasteiger partial charge in [-0.05, 0) is 24.1 Å². The van der Waals surface area contributed by atoms with Crippen molar-refractivity contribution in [2.24, 2.45) is 0 Å². The summed E-state index contributed by atoms with van der Waals surface area (Å²) in [5.74, 6) is 0.514. The number of aromatic nitrogens is 1. The molecule has 8 heteroatoms. The molecule has 2 aliphatic heterocycles. The summed E-state index contributed by atoms with van der Waals surface area (Å²) in [5, 5.41) is 2.73. The highest BCUT2D eigenvalue weighted by Gasteiger charge is 2.35. The summed E-state index contributed by atoms with van der Waals surface area (Å²) in [5.41, 5.74) is 1.84. The molecule has 1 aromatic carbocycles. The molecule has 2 amide bonds. The van der Waals surface area contributed by atoms with E-state index in [-0.39, 0.29) is 11.8 Å². The van der Waals surface area contributed by atoms with Crippen LogP contribution in [0.3, 0.4) is 0 Å². The quantitative estimate of drug-likeness (QED) is 0.728. The van der Waals surface area contributed by atoms with Crippen LogP contribution in [0.5, 0.6) is 0 Å². The number of benzene rings is 1. The number of carbonyl (C=O) groups excluding carboxylic acids is 2. The van der Waals surface area contributed by atoms with Gasteiger partial charge in [-0.3, -0.25) is 14.5 Å². The Labute approximate surface area is 189 Å². The average molecular weight is 438 g/mol. The number of pyridine rings is 1. The molecular weight excluding hydrogens is 406 g/mol. The molecule has 8 nitrogen and oxygen atoms in total. The first-order chi connectivity index (χ1) is 15.7. The zero-order valence-electron chi connectivity index (χ0n) is 18.6. The summed E-state index contributed by atoms with van der Waals surface area (Å²) in [6, 6.07) is 13.4. The molecule has 0 aliphatic carbocycles. The molecule has 0 unspecified atom stereocenters. The number of nitrogens with one attached hydrogen (secondary N) is 1. The Morgan fingerprint density at radius 3 is 2.62 bits per heavy atom. The van der Waals surface area contributed by atoms with E-state index in [0.717, 1.165) is 38.4 Å². The lowest BCUT2D eigenvalue weighted by Gasteiger charge is -2.40. The van der Waals surface area contributed by atoms with E-state index in [9.17, 15) is 9.59 Å². The van der Waals surface area contributed by atoms with Crippen molar-refractivity contribution in [1.29, 1.82) is 0 Å². The maximum absolute atomic E-state index is 13.4. The van der Waals surface area contributed by atoms with Gasteiger partial charge in [0.15, 0.2) is 0 Å². The maximum atomic E-state index is 13.4. The second-order valence-corrected chi connectivity index (χ2v) is 8.17. The lowest BCUT2D eigenvalue weighted by atomic mass is 10.1. The molecule has 0 radical (unpaired) electrons. The predicted octanol–water partition coefficient (Wildman–Crippen LogP) is 1.03. The Hall–Kier alpha value is -2.97. The van der Waals surface area contributed by atoms with Crippen molar-refractivity contribution in [3.8, 4) is 0 Å². The normalized spacial score (nSPS) is 19.6. The van der Waals surface area contributed by atoms with Crippen LogP contribution in [0.2, 0.25) is 0 Å². The van der Waals surface area contributed by atoms with Crippen molar-refractivity contribution >= 4 is 17.6 Å². The molecule has 2 saturated heterocycles. The van der Waals surface area contributed by atoms with Gasteiger partial charge in [0.25, 0.3) is 5.91 Å². The fraction of sp³-hybridized carbons (Fsp3) is 0.458. The van der Waals surface area contributed by atoms with Crippen LogP contribution in [0, 0.1) is 0 Å². The summed E-state index contributed by atoms with van der Waals surface area (Å²) < 4.78 is 5.41. The Morgan fingerprint density at radius 2 is 1.88 bits per heavy atom. The van der Waals surface area contributed by atoms with Gasteiger partial charge >= 0.3 is 0 Å². The topological polar surface area (TPSA) is 78.0 Å². The van der Waals surface area contributed by atoms with Crippen molar-refractivity contribution in [3.63, 3.8) is 0 Å². The minimum Gasteiger partial charge on any atom is -0.378 e. The average Bonchev–Trinajstić information content (AvgIpc) is 2.87. The number of amides is 2. The molecule has 2 aromatic rings. The number of nitrogens with zero attached hydrogens (tertiary/aromatic N) is 4. The van der Waals surface area contributed by atoms with E-state index in [4.69, 9.17) is 4.74 Å². The van der Waals surface area contributed by atoms with Crippen LogP contribution in [0.4, 0.5) is 5.82 Å². The van der Waals surface area contributed by atoms with E-state index in [1.807, 2.05) is 24.3 Å². The van der Waals surface area contributed by atoms with Crippen molar-refractivity contribution in [2.75, 3.05) is 64.4 Å². The first-order valence-electron chi connectivity index (χ1n) is 11.2. The van der Waals surface area contributed by atoms with Crippen molar-refractivity contribution in [2.45, 2.75) is 12.5 Å². The molecule has 32 heavy (non-hydrogen) atoms. The molecule has 1 atom stereocenters. The predicted molar refractivity (Wildman–Crippen MR) is 123 cm³/mol. The van der Waals surface area contributed by atoms with Crippen LogP contribution >= 0.6 is 0 Å². The molecular formula is C24H31N5O3. The summed E-state index contributed by atoms with van der Waals surface area (Å²) in [6.45, 7) is 5.47. The first kappa shape index (κ1) is 22.2. The standard InChI is InChI=1S/C24H31N5O3/c1-25-23(30)21-18-27(10-8-19-5-3-2-4-6-19)11-12-29(21)24(31)20-7-9-26-22(17-20)28-13-15-32-16-14-28/h2-7,9,17,21H,8,10-16,18H2,1H3,(H,25,30)/t21-/m1/s1. The number of carbonyl (C=O) groups is 2. The minimum absolute atomic E-state index is 0.127. The molecule has 170 valence electrons. The summed E-state index contributed by atoms with van der Waals surface area (Å²) in [4.78, 5) is 36.6. The Kier molecular flexibility index (Phi) is 7.34. The zero-order chi connectivity index (χ0) is 22.3. The first-order valence-corrected chi connectivity index (χ1v) is 11.2. The van der Waals surface area contributed by atoms with Crippen LogP contribution in [-0.2, 0) is 16.0 Å². The number of morpholine rings is 1. The fourth-order valence-corrected chi connectivity index (χ4v) is 4.29. The largest absolute Gasteiger partial charge is 0.378 e. The van der Waals surface area contributed by atoms with Gasteiger partial charge < -0.3 is 19.9 Å². The van der Waals surface area contributed by atoms with Gasteiger partial charge in [-0.1, -0.05) is 30.3 Å². The lowest BCUT2D eigenvalue weighted by Crippen LogP contribution is -2.60. The van der Waals surface area contributed by atoms with Crippen LogP contribution in [0.1, 0.15) is 15.9 Å². The van der Waals surface area contributed by atoms with E-state index >= 15 is 0 Å². The lowest BCUT2D eigenvalue weighted by molar-refractivity contribution is -0.127. The third-order valence-corrected chi connectivity index (χ3v) is 6.16. The van der Waals surface area contributed by atoms with Gasteiger partial charge in [0.2, 0.25) is 5.91 Å². The molecule has 2 fully saturated rings. The molecule has 4 rings (SSSR count). The smallest absolute Gasteiger partial charge is 0.254 e. The number of anilines is 1. The molecule has 0 bridgehead atoms.